The van der Waals surface area contributed by atoms with Crippen molar-refractivity contribution >= 4 is 29.3 Å². The Bertz CT molecular complexity index is 880. The number of rotatable bonds is 8. The van der Waals surface area contributed by atoms with Gasteiger partial charge in [0.2, 0.25) is 0 Å². The van der Waals surface area contributed by atoms with Crippen molar-refractivity contribution in [2.24, 2.45) is 0 Å². The smallest absolute Gasteiger partial charge is 0.344 e. The molecule has 0 unspecified atom stereocenters. The van der Waals surface area contributed by atoms with Crippen molar-refractivity contribution in [3.05, 3.63) is 54.6 Å². The summed E-state index contributed by atoms with van der Waals surface area (Å²) in [5.41, 5.74) is 1.84. The fraction of sp³-hybridized carbons (Fsp3) is 0.348. The molecule has 0 aliphatic heterocycles. The van der Waals surface area contributed by atoms with Gasteiger partial charge in [0.15, 0.2) is 12.7 Å². The lowest BCUT2D eigenvalue weighted by Crippen LogP contribution is -2.47. The maximum absolute atomic E-state index is 12.0. The van der Waals surface area contributed by atoms with Crippen molar-refractivity contribution in [2.75, 3.05) is 11.9 Å². The Hall–Kier alpha value is -3.55. The van der Waals surface area contributed by atoms with E-state index in [9.17, 15) is 14.4 Å². The van der Waals surface area contributed by atoms with Gasteiger partial charge in [0.1, 0.15) is 5.75 Å². The second-order valence-corrected chi connectivity index (χ2v) is 7.38. The van der Waals surface area contributed by atoms with E-state index in [1.165, 1.54) is 6.92 Å². The average Bonchev–Trinajstić information content (AvgIpc) is 3.26. The zero-order valence-corrected chi connectivity index (χ0v) is 17.4. The van der Waals surface area contributed by atoms with Crippen molar-refractivity contribution in [3.63, 3.8) is 0 Å². The lowest BCUT2D eigenvalue weighted by molar-refractivity contribution is -0.156. The predicted octanol–water partition coefficient (Wildman–Crippen LogP) is 3.51. The van der Waals surface area contributed by atoms with Crippen LogP contribution in [0.2, 0.25) is 0 Å². The van der Waals surface area contributed by atoms with Gasteiger partial charge >= 0.3 is 12.0 Å². The summed E-state index contributed by atoms with van der Waals surface area (Å²) in [4.78, 5) is 35.8. The topological polar surface area (TPSA) is 106 Å². The third-order valence-electron chi connectivity index (χ3n) is 4.88. The number of urea groups is 1. The first kappa shape index (κ1) is 22.1. The Morgan fingerprint density at radius 1 is 0.968 bits per heavy atom. The van der Waals surface area contributed by atoms with E-state index in [-0.39, 0.29) is 12.6 Å². The van der Waals surface area contributed by atoms with Gasteiger partial charge in [0, 0.05) is 17.4 Å². The highest BCUT2D eigenvalue weighted by molar-refractivity contribution is 5.97. The third-order valence-corrected chi connectivity index (χ3v) is 4.88. The predicted molar refractivity (Wildman–Crippen MR) is 116 cm³/mol. The molecule has 3 N–H and O–H groups in total. The number of carbonyl (C=O) groups is 3. The molecule has 1 aliphatic rings. The lowest BCUT2D eigenvalue weighted by Gasteiger charge is -2.15. The van der Waals surface area contributed by atoms with E-state index in [0.29, 0.717) is 5.75 Å². The van der Waals surface area contributed by atoms with Crippen LogP contribution in [0.15, 0.2) is 54.6 Å². The summed E-state index contributed by atoms with van der Waals surface area (Å²) >= 11 is 0. The van der Waals surface area contributed by atoms with Gasteiger partial charge in [-0.2, -0.15) is 0 Å². The van der Waals surface area contributed by atoms with E-state index < -0.39 is 24.0 Å². The van der Waals surface area contributed by atoms with E-state index in [4.69, 9.17) is 9.47 Å². The highest BCUT2D eigenvalue weighted by atomic mass is 16.6. The number of anilines is 2. The largest absolute Gasteiger partial charge is 0.482 e. The van der Waals surface area contributed by atoms with E-state index in [1.807, 2.05) is 42.5 Å². The van der Waals surface area contributed by atoms with Crippen LogP contribution in [0.5, 0.6) is 5.75 Å². The highest BCUT2D eigenvalue weighted by Gasteiger charge is 2.22. The van der Waals surface area contributed by atoms with Gasteiger partial charge in [-0.1, -0.05) is 31.0 Å². The number of para-hydroxylation sites is 1. The minimum absolute atomic E-state index is 0.0911. The number of hydrogen-bond donors (Lipinski definition) is 3. The number of ether oxygens (including phenoxy) is 2. The van der Waals surface area contributed by atoms with E-state index >= 15 is 0 Å². The lowest BCUT2D eigenvalue weighted by atomic mass is 10.2. The summed E-state index contributed by atoms with van der Waals surface area (Å²) in [5.74, 6) is -0.894. The maximum atomic E-state index is 12.0. The molecule has 1 aliphatic carbocycles. The van der Waals surface area contributed by atoms with E-state index in [0.717, 1.165) is 37.1 Å². The minimum atomic E-state index is -1.11. The number of amides is 3. The van der Waals surface area contributed by atoms with Crippen molar-refractivity contribution in [2.45, 2.75) is 44.8 Å². The SMILES string of the molecule is C[C@@H](OC(=O)COc1ccc(Nc2ccccc2)cc1)C(=O)NC(=O)NC1CCCC1. The monoisotopic (exact) mass is 425 g/mol. The van der Waals surface area contributed by atoms with Crippen LogP contribution in [0.3, 0.4) is 0 Å². The molecule has 1 fully saturated rings. The van der Waals surface area contributed by atoms with Crippen LogP contribution in [-0.2, 0) is 14.3 Å². The van der Waals surface area contributed by atoms with Crippen LogP contribution < -0.4 is 20.7 Å². The Kier molecular flexibility index (Phi) is 7.86. The first-order chi connectivity index (χ1) is 15.0. The van der Waals surface area contributed by atoms with Crippen LogP contribution in [0, 0.1) is 0 Å². The molecule has 0 heterocycles. The molecule has 0 bridgehead atoms. The molecule has 0 spiro atoms. The summed E-state index contributed by atoms with van der Waals surface area (Å²) in [5, 5.41) is 8.19. The standard InChI is InChI=1S/C23H27N3O5/c1-16(22(28)26-23(29)25-18-9-5-6-10-18)31-21(27)15-30-20-13-11-19(12-14-20)24-17-7-3-2-4-8-17/h2-4,7-8,11-14,16,18,24H,5-6,9-10,15H2,1H3,(H2,25,26,28,29)/t16-/m1/s1. The second-order valence-electron chi connectivity index (χ2n) is 7.38. The molecule has 0 saturated heterocycles. The molecule has 2 aromatic carbocycles. The Labute approximate surface area is 181 Å². The number of nitrogens with one attached hydrogen (secondary N) is 3. The molecule has 3 amide bonds. The van der Waals surface area contributed by atoms with E-state index in [1.54, 1.807) is 12.1 Å². The molecule has 31 heavy (non-hydrogen) atoms. The Morgan fingerprint density at radius 2 is 1.61 bits per heavy atom. The normalized spacial score (nSPS) is 14.4. The van der Waals surface area contributed by atoms with Crippen LogP contribution in [0.4, 0.5) is 16.2 Å². The third kappa shape index (κ3) is 7.33. The molecule has 8 nitrogen and oxygen atoms in total. The molecular formula is C23H27N3O5. The number of hydrogen-bond acceptors (Lipinski definition) is 6. The summed E-state index contributed by atoms with van der Waals surface area (Å²) < 4.78 is 10.4. The summed E-state index contributed by atoms with van der Waals surface area (Å²) in [6.07, 6.45) is 2.85. The van der Waals surface area contributed by atoms with Crippen LogP contribution in [0.1, 0.15) is 32.6 Å². The van der Waals surface area contributed by atoms with Crippen molar-refractivity contribution in [1.82, 2.24) is 10.6 Å². The number of esters is 1. The number of benzene rings is 2. The first-order valence-corrected chi connectivity index (χ1v) is 10.4. The van der Waals surface area contributed by atoms with Gasteiger partial charge in [-0.3, -0.25) is 10.1 Å². The van der Waals surface area contributed by atoms with Gasteiger partial charge in [0.25, 0.3) is 5.91 Å². The fourth-order valence-corrected chi connectivity index (χ4v) is 3.25. The zero-order valence-electron chi connectivity index (χ0n) is 17.4. The highest BCUT2D eigenvalue weighted by Crippen LogP contribution is 2.20. The zero-order chi connectivity index (χ0) is 22.1. The summed E-state index contributed by atoms with van der Waals surface area (Å²) in [6, 6.07) is 16.4. The van der Waals surface area contributed by atoms with Gasteiger partial charge < -0.3 is 20.1 Å². The molecular weight excluding hydrogens is 398 g/mol. The Balaban J connectivity index is 1.37. The fourth-order valence-electron chi connectivity index (χ4n) is 3.25. The second kappa shape index (κ2) is 11.0. The van der Waals surface area contributed by atoms with Crippen LogP contribution in [0.25, 0.3) is 0 Å². The molecule has 3 rings (SSSR count). The van der Waals surface area contributed by atoms with Gasteiger partial charge in [-0.25, -0.2) is 9.59 Å². The summed E-state index contributed by atoms with van der Waals surface area (Å²) in [6.45, 7) is 1.05. The molecule has 0 aromatic heterocycles. The minimum Gasteiger partial charge on any atom is -0.482 e. The molecule has 2 aromatic rings. The summed E-state index contributed by atoms with van der Waals surface area (Å²) in [7, 11) is 0. The molecule has 1 saturated carbocycles. The van der Waals surface area contributed by atoms with Gasteiger partial charge in [-0.15, -0.1) is 0 Å². The average molecular weight is 425 g/mol. The van der Waals surface area contributed by atoms with Crippen molar-refractivity contribution in [1.29, 1.82) is 0 Å². The molecule has 0 radical (unpaired) electrons. The van der Waals surface area contributed by atoms with Crippen molar-refractivity contribution < 1.29 is 23.9 Å². The maximum Gasteiger partial charge on any atom is 0.344 e. The Morgan fingerprint density at radius 3 is 2.29 bits per heavy atom. The molecule has 1 atom stereocenters. The first-order valence-electron chi connectivity index (χ1n) is 10.4. The molecule has 164 valence electrons. The van der Waals surface area contributed by atoms with Gasteiger partial charge in [0.05, 0.1) is 0 Å². The van der Waals surface area contributed by atoms with Gasteiger partial charge in [-0.05, 0) is 56.2 Å². The quantitative estimate of drug-likeness (QED) is 0.559. The number of carbonyl (C=O) groups excluding carboxylic acids is 3. The van der Waals surface area contributed by atoms with Crippen LogP contribution >= 0.6 is 0 Å². The van der Waals surface area contributed by atoms with Crippen molar-refractivity contribution in [3.8, 4) is 5.75 Å². The van der Waals surface area contributed by atoms with Crippen LogP contribution in [-0.4, -0.2) is 36.7 Å². The molecule has 8 heteroatoms. The number of imide groups is 1. The van der Waals surface area contributed by atoms with E-state index in [2.05, 4.69) is 16.0 Å².